The maximum atomic E-state index is 13.2. The molecule has 0 aliphatic heterocycles. The molecule has 0 radical (unpaired) electrons. The van der Waals surface area contributed by atoms with Gasteiger partial charge in [0.2, 0.25) is 0 Å². The molecule has 0 atom stereocenters. The summed E-state index contributed by atoms with van der Waals surface area (Å²) in [7, 11) is 0. The standard InChI is InChI=1S/C22H14Cl2N2O3/c1-10-6-8-11(9-7-10)22(29)26-19-15-14(18(25)16(23)17(19)24)20(27)12-4-2-3-5-13(12)21(15)28/h2-9H,25H2,1H3,(H,26,29). The maximum Gasteiger partial charge on any atom is 0.255 e. The number of halogens is 2. The zero-order valence-electron chi connectivity index (χ0n) is 15.2. The van der Waals surface area contributed by atoms with Crippen molar-refractivity contribution in [2.75, 3.05) is 11.1 Å². The molecule has 5 nitrogen and oxygen atoms in total. The Balaban J connectivity index is 1.91. The van der Waals surface area contributed by atoms with Gasteiger partial charge in [0.25, 0.3) is 5.91 Å². The Morgan fingerprint density at radius 2 is 1.41 bits per heavy atom. The third kappa shape index (κ3) is 2.99. The number of aryl methyl sites for hydroxylation is 1. The van der Waals surface area contributed by atoms with Crippen LogP contribution >= 0.6 is 23.2 Å². The Bertz CT molecular complexity index is 1220. The summed E-state index contributed by atoms with van der Waals surface area (Å²) in [5, 5.41) is 2.45. The molecule has 144 valence electrons. The van der Waals surface area contributed by atoms with Gasteiger partial charge >= 0.3 is 0 Å². The van der Waals surface area contributed by atoms with E-state index in [4.69, 9.17) is 28.9 Å². The number of nitrogens with one attached hydrogen (secondary N) is 1. The van der Waals surface area contributed by atoms with Crippen LogP contribution in [0, 0.1) is 6.92 Å². The third-order valence-corrected chi connectivity index (χ3v) is 5.71. The molecular weight excluding hydrogens is 411 g/mol. The van der Waals surface area contributed by atoms with Crippen molar-refractivity contribution in [2.24, 2.45) is 0 Å². The lowest BCUT2D eigenvalue weighted by Gasteiger charge is -2.24. The summed E-state index contributed by atoms with van der Waals surface area (Å²) < 4.78 is 0. The number of hydrogen-bond acceptors (Lipinski definition) is 4. The number of ketones is 2. The maximum absolute atomic E-state index is 13.2. The second-order valence-electron chi connectivity index (χ2n) is 6.69. The lowest BCUT2D eigenvalue weighted by molar-refractivity contribution is 0.0979. The van der Waals surface area contributed by atoms with Crippen LogP contribution in [-0.2, 0) is 0 Å². The van der Waals surface area contributed by atoms with Crippen LogP contribution in [0.4, 0.5) is 11.4 Å². The molecular formula is C22H14Cl2N2O3. The predicted octanol–water partition coefficient (Wildman–Crippen LogP) is 4.91. The van der Waals surface area contributed by atoms with Crippen molar-refractivity contribution in [1.29, 1.82) is 0 Å². The van der Waals surface area contributed by atoms with Gasteiger partial charge in [0.05, 0.1) is 32.5 Å². The first kappa shape index (κ1) is 19.2. The van der Waals surface area contributed by atoms with Crippen LogP contribution in [0.25, 0.3) is 0 Å². The summed E-state index contributed by atoms with van der Waals surface area (Å²) in [5.74, 6) is -1.40. The van der Waals surface area contributed by atoms with E-state index in [1.54, 1.807) is 48.5 Å². The van der Waals surface area contributed by atoms with Gasteiger partial charge < -0.3 is 11.1 Å². The topological polar surface area (TPSA) is 89.3 Å². The van der Waals surface area contributed by atoms with Crippen LogP contribution < -0.4 is 11.1 Å². The van der Waals surface area contributed by atoms with Gasteiger partial charge in [0.15, 0.2) is 11.6 Å². The molecule has 29 heavy (non-hydrogen) atoms. The summed E-state index contributed by atoms with van der Waals surface area (Å²) in [6.45, 7) is 1.90. The molecule has 0 aromatic heterocycles. The van der Waals surface area contributed by atoms with Crippen LogP contribution in [-0.4, -0.2) is 17.5 Å². The SMILES string of the molecule is Cc1ccc(C(=O)Nc2c(Cl)c(Cl)c(N)c3c2C(=O)c2ccccc2C3=O)cc1. The molecule has 0 fully saturated rings. The molecule has 3 aromatic rings. The third-order valence-electron chi connectivity index (χ3n) is 4.84. The average molecular weight is 425 g/mol. The number of benzene rings is 3. The zero-order valence-corrected chi connectivity index (χ0v) is 16.7. The summed E-state index contributed by atoms with van der Waals surface area (Å²) in [6.07, 6.45) is 0. The molecule has 0 spiro atoms. The highest BCUT2D eigenvalue weighted by molar-refractivity contribution is 6.48. The van der Waals surface area contributed by atoms with Crippen LogP contribution in [0.15, 0.2) is 48.5 Å². The fraction of sp³-hybridized carbons (Fsp3) is 0.0455. The quantitative estimate of drug-likeness (QED) is 0.447. The number of carbonyl (C=O) groups excluding carboxylic acids is 3. The molecule has 1 aliphatic rings. The summed E-state index contributed by atoms with van der Waals surface area (Å²) in [6, 6.07) is 13.3. The summed E-state index contributed by atoms with van der Waals surface area (Å²) in [4.78, 5) is 39.0. The molecule has 0 bridgehead atoms. The van der Waals surface area contributed by atoms with Gasteiger partial charge in [-0.2, -0.15) is 0 Å². The molecule has 3 N–H and O–H groups in total. The van der Waals surface area contributed by atoms with E-state index < -0.39 is 17.5 Å². The van der Waals surface area contributed by atoms with Crippen molar-refractivity contribution in [3.8, 4) is 0 Å². The molecule has 7 heteroatoms. The monoisotopic (exact) mass is 424 g/mol. The number of hydrogen-bond donors (Lipinski definition) is 2. The van der Waals surface area contributed by atoms with Gasteiger partial charge in [0, 0.05) is 16.7 Å². The second kappa shape index (κ2) is 7.03. The lowest BCUT2D eigenvalue weighted by atomic mass is 9.82. The largest absolute Gasteiger partial charge is 0.397 e. The Morgan fingerprint density at radius 1 is 0.862 bits per heavy atom. The Morgan fingerprint density at radius 3 is 2.00 bits per heavy atom. The zero-order chi connectivity index (χ0) is 20.9. The van der Waals surface area contributed by atoms with E-state index in [1.807, 2.05) is 6.92 Å². The highest BCUT2D eigenvalue weighted by Crippen LogP contribution is 2.45. The number of anilines is 2. The highest BCUT2D eigenvalue weighted by Gasteiger charge is 2.36. The van der Waals surface area contributed by atoms with Gasteiger partial charge in [-0.05, 0) is 19.1 Å². The van der Waals surface area contributed by atoms with Crippen molar-refractivity contribution in [2.45, 2.75) is 6.92 Å². The second-order valence-corrected chi connectivity index (χ2v) is 7.45. The molecule has 1 amide bonds. The average Bonchev–Trinajstić information content (AvgIpc) is 2.72. The van der Waals surface area contributed by atoms with E-state index in [0.29, 0.717) is 5.56 Å². The number of carbonyl (C=O) groups is 3. The van der Waals surface area contributed by atoms with E-state index >= 15 is 0 Å². The summed E-state index contributed by atoms with van der Waals surface area (Å²) >= 11 is 12.6. The minimum atomic E-state index is -0.492. The van der Waals surface area contributed by atoms with E-state index in [9.17, 15) is 14.4 Å². The predicted molar refractivity (Wildman–Crippen MR) is 113 cm³/mol. The van der Waals surface area contributed by atoms with E-state index in [2.05, 4.69) is 5.32 Å². The first-order valence-corrected chi connectivity index (χ1v) is 9.43. The Kier molecular flexibility index (Phi) is 4.65. The van der Waals surface area contributed by atoms with Gasteiger partial charge in [-0.25, -0.2) is 0 Å². The van der Waals surface area contributed by atoms with E-state index in [-0.39, 0.29) is 43.7 Å². The smallest absolute Gasteiger partial charge is 0.255 e. The van der Waals surface area contributed by atoms with Crippen molar-refractivity contribution in [1.82, 2.24) is 0 Å². The first-order valence-electron chi connectivity index (χ1n) is 8.68. The molecule has 0 saturated heterocycles. The van der Waals surface area contributed by atoms with Gasteiger partial charge in [-0.15, -0.1) is 0 Å². The van der Waals surface area contributed by atoms with Gasteiger partial charge in [0.1, 0.15) is 0 Å². The van der Waals surface area contributed by atoms with Crippen LogP contribution in [0.5, 0.6) is 0 Å². The van der Waals surface area contributed by atoms with Crippen LogP contribution in [0.2, 0.25) is 10.0 Å². The number of nitrogens with two attached hydrogens (primary N) is 1. The van der Waals surface area contributed by atoms with E-state index in [0.717, 1.165) is 5.56 Å². The van der Waals surface area contributed by atoms with Crippen molar-refractivity contribution in [3.63, 3.8) is 0 Å². The van der Waals surface area contributed by atoms with Crippen molar-refractivity contribution >= 4 is 52.1 Å². The number of amides is 1. The fourth-order valence-electron chi connectivity index (χ4n) is 3.33. The lowest BCUT2D eigenvalue weighted by Crippen LogP contribution is -2.26. The molecule has 3 aromatic carbocycles. The van der Waals surface area contributed by atoms with Gasteiger partial charge in [-0.1, -0.05) is 65.2 Å². The van der Waals surface area contributed by atoms with E-state index in [1.165, 1.54) is 0 Å². The first-order chi connectivity index (χ1) is 13.8. The number of fused-ring (bicyclic) bond motifs is 2. The number of rotatable bonds is 2. The highest BCUT2D eigenvalue weighted by atomic mass is 35.5. The normalized spacial score (nSPS) is 12.4. The molecule has 4 rings (SSSR count). The molecule has 0 saturated carbocycles. The Hall–Kier alpha value is -3.15. The van der Waals surface area contributed by atoms with Crippen LogP contribution in [0.1, 0.15) is 47.8 Å². The fourth-order valence-corrected chi connectivity index (χ4v) is 3.76. The van der Waals surface area contributed by atoms with Crippen LogP contribution in [0.3, 0.4) is 0 Å². The number of nitrogen functional groups attached to an aromatic ring is 1. The van der Waals surface area contributed by atoms with Crippen molar-refractivity contribution < 1.29 is 14.4 Å². The molecule has 0 unspecified atom stereocenters. The minimum Gasteiger partial charge on any atom is -0.397 e. The summed E-state index contributed by atoms with van der Waals surface area (Å²) in [5.41, 5.74) is 7.61. The molecule has 1 aliphatic carbocycles. The minimum absolute atomic E-state index is 0.0284. The Labute approximate surface area is 176 Å². The molecule has 0 heterocycles. The van der Waals surface area contributed by atoms with Crippen molar-refractivity contribution in [3.05, 3.63) is 92.0 Å². The van der Waals surface area contributed by atoms with Gasteiger partial charge in [-0.3, -0.25) is 14.4 Å².